The maximum Gasteiger partial charge on any atom is 0.252 e. The van der Waals surface area contributed by atoms with Crippen molar-refractivity contribution in [1.29, 1.82) is 0 Å². The van der Waals surface area contributed by atoms with Gasteiger partial charge in [0.25, 0.3) is 10.0 Å². The Balaban J connectivity index is 1.54. The topological polar surface area (TPSA) is 69.7 Å². The molecule has 0 unspecified atom stereocenters. The van der Waals surface area contributed by atoms with Gasteiger partial charge in [-0.1, -0.05) is 12.1 Å². The number of carbonyl (C=O) groups excluding carboxylic acids is 1. The second-order valence-electron chi connectivity index (χ2n) is 6.12. The van der Waals surface area contributed by atoms with E-state index in [2.05, 4.69) is 5.32 Å². The van der Waals surface area contributed by atoms with Crippen molar-refractivity contribution in [2.45, 2.75) is 11.1 Å². The molecule has 0 bridgehead atoms. The second kappa shape index (κ2) is 7.83. The SMILES string of the molecule is Cc1ccc(F)cc1NC(=O)CN1CCN(S(=O)(=O)c2cccs2)CC1. The molecule has 0 aliphatic carbocycles. The van der Waals surface area contributed by atoms with Crippen LogP contribution in [0.25, 0.3) is 0 Å². The van der Waals surface area contributed by atoms with Crippen LogP contribution in [-0.2, 0) is 14.8 Å². The van der Waals surface area contributed by atoms with Crippen molar-refractivity contribution in [2.75, 3.05) is 38.0 Å². The maximum atomic E-state index is 13.3. The highest BCUT2D eigenvalue weighted by Gasteiger charge is 2.29. The Morgan fingerprint density at radius 1 is 1.23 bits per heavy atom. The summed E-state index contributed by atoms with van der Waals surface area (Å²) >= 11 is 1.20. The lowest BCUT2D eigenvalue weighted by Crippen LogP contribution is -2.50. The van der Waals surface area contributed by atoms with Gasteiger partial charge in [0, 0.05) is 31.9 Å². The van der Waals surface area contributed by atoms with E-state index in [0.29, 0.717) is 36.1 Å². The zero-order chi connectivity index (χ0) is 18.7. The van der Waals surface area contributed by atoms with Crippen molar-refractivity contribution in [2.24, 2.45) is 0 Å². The molecule has 26 heavy (non-hydrogen) atoms. The highest BCUT2D eigenvalue weighted by atomic mass is 32.2. The number of carbonyl (C=O) groups is 1. The molecule has 1 N–H and O–H groups in total. The van der Waals surface area contributed by atoms with E-state index in [-0.39, 0.29) is 12.5 Å². The quantitative estimate of drug-likeness (QED) is 0.839. The van der Waals surface area contributed by atoms with E-state index >= 15 is 0 Å². The number of aryl methyl sites for hydroxylation is 1. The summed E-state index contributed by atoms with van der Waals surface area (Å²) in [7, 11) is -3.45. The standard InChI is InChI=1S/C17H20FN3O3S2/c1-13-4-5-14(18)11-15(13)19-16(22)12-20-6-8-21(9-7-20)26(23,24)17-3-2-10-25-17/h2-5,10-11H,6-9,12H2,1H3,(H,19,22). The Hall–Kier alpha value is -1.81. The fourth-order valence-corrected chi connectivity index (χ4v) is 5.35. The molecule has 1 aromatic carbocycles. The summed E-state index contributed by atoms with van der Waals surface area (Å²) in [5, 5.41) is 4.45. The van der Waals surface area contributed by atoms with Crippen LogP contribution in [0.5, 0.6) is 0 Å². The monoisotopic (exact) mass is 397 g/mol. The van der Waals surface area contributed by atoms with E-state index < -0.39 is 15.8 Å². The largest absolute Gasteiger partial charge is 0.325 e. The van der Waals surface area contributed by atoms with Crippen LogP contribution in [0.2, 0.25) is 0 Å². The molecule has 6 nitrogen and oxygen atoms in total. The molecule has 0 saturated carbocycles. The average Bonchev–Trinajstić information content (AvgIpc) is 3.14. The summed E-state index contributed by atoms with van der Waals surface area (Å²) in [6.45, 7) is 3.56. The van der Waals surface area contributed by atoms with Crippen LogP contribution in [0.4, 0.5) is 10.1 Å². The minimum Gasteiger partial charge on any atom is -0.325 e. The third-order valence-corrected chi connectivity index (χ3v) is 7.53. The molecular weight excluding hydrogens is 377 g/mol. The van der Waals surface area contributed by atoms with Gasteiger partial charge in [0.15, 0.2) is 0 Å². The Kier molecular flexibility index (Phi) is 5.71. The number of nitrogens with one attached hydrogen (secondary N) is 1. The van der Waals surface area contributed by atoms with Crippen molar-refractivity contribution in [3.8, 4) is 0 Å². The summed E-state index contributed by atoms with van der Waals surface area (Å²) in [5.74, 6) is -0.647. The summed E-state index contributed by atoms with van der Waals surface area (Å²) in [5.41, 5.74) is 1.24. The van der Waals surface area contributed by atoms with Crippen molar-refractivity contribution in [1.82, 2.24) is 9.21 Å². The molecule has 1 amide bonds. The van der Waals surface area contributed by atoms with Crippen LogP contribution in [-0.4, -0.2) is 56.3 Å². The van der Waals surface area contributed by atoms with E-state index in [9.17, 15) is 17.6 Å². The molecule has 1 aliphatic heterocycles. The van der Waals surface area contributed by atoms with Gasteiger partial charge < -0.3 is 5.32 Å². The van der Waals surface area contributed by atoms with E-state index in [4.69, 9.17) is 0 Å². The van der Waals surface area contributed by atoms with Crippen LogP contribution >= 0.6 is 11.3 Å². The number of amides is 1. The fraction of sp³-hybridized carbons (Fsp3) is 0.353. The van der Waals surface area contributed by atoms with Crippen molar-refractivity contribution >= 4 is 33.0 Å². The van der Waals surface area contributed by atoms with Gasteiger partial charge in [-0.3, -0.25) is 9.69 Å². The Morgan fingerprint density at radius 3 is 2.62 bits per heavy atom. The molecule has 9 heteroatoms. The Bertz CT molecular complexity index is 877. The molecule has 1 aromatic heterocycles. The van der Waals surface area contributed by atoms with Crippen LogP contribution in [0.3, 0.4) is 0 Å². The van der Waals surface area contributed by atoms with E-state index in [0.717, 1.165) is 5.56 Å². The van der Waals surface area contributed by atoms with Crippen molar-refractivity contribution < 1.29 is 17.6 Å². The molecular formula is C17H20FN3O3S2. The molecule has 0 spiro atoms. The lowest BCUT2D eigenvalue weighted by molar-refractivity contribution is -0.117. The third-order valence-electron chi connectivity index (χ3n) is 4.26. The van der Waals surface area contributed by atoms with E-state index in [1.807, 2.05) is 4.90 Å². The van der Waals surface area contributed by atoms with Gasteiger partial charge in [0.1, 0.15) is 10.0 Å². The van der Waals surface area contributed by atoms with Gasteiger partial charge in [-0.05, 0) is 36.1 Å². The minimum atomic E-state index is -3.45. The van der Waals surface area contributed by atoms with Gasteiger partial charge in [0.2, 0.25) is 5.91 Å². The number of nitrogens with zero attached hydrogens (tertiary/aromatic N) is 2. The molecule has 1 aliphatic rings. The molecule has 3 rings (SSSR count). The number of benzene rings is 1. The Labute approximate surface area is 156 Å². The van der Waals surface area contributed by atoms with E-state index in [1.165, 1.54) is 27.8 Å². The van der Waals surface area contributed by atoms with E-state index in [1.54, 1.807) is 30.5 Å². The zero-order valence-corrected chi connectivity index (χ0v) is 15.9. The number of hydrogen-bond acceptors (Lipinski definition) is 5. The average molecular weight is 397 g/mol. The first-order valence-electron chi connectivity index (χ1n) is 8.18. The number of piperazine rings is 1. The van der Waals surface area contributed by atoms with Crippen LogP contribution in [0, 0.1) is 12.7 Å². The summed E-state index contributed by atoms with van der Waals surface area (Å²) in [6, 6.07) is 7.56. The molecule has 0 radical (unpaired) electrons. The molecule has 140 valence electrons. The fourth-order valence-electron chi connectivity index (χ4n) is 2.79. The molecule has 1 fully saturated rings. The van der Waals surface area contributed by atoms with Crippen molar-refractivity contribution in [3.63, 3.8) is 0 Å². The lowest BCUT2D eigenvalue weighted by atomic mass is 10.2. The zero-order valence-electron chi connectivity index (χ0n) is 14.3. The lowest BCUT2D eigenvalue weighted by Gasteiger charge is -2.33. The second-order valence-corrected chi connectivity index (χ2v) is 9.23. The van der Waals surface area contributed by atoms with Crippen LogP contribution < -0.4 is 5.32 Å². The molecule has 1 saturated heterocycles. The third kappa shape index (κ3) is 4.29. The van der Waals surface area contributed by atoms with Crippen molar-refractivity contribution in [3.05, 3.63) is 47.1 Å². The predicted molar refractivity (Wildman–Crippen MR) is 99.3 cm³/mol. The number of hydrogen-bond donors (Lipinski definition) is 1. The highest BCUT2D eigenvalue weighted by molar-refractivity contribution is 7.91. The number of sulfonamides is 1. The Morgan fingerprint density at radius 2 is 1.96 bits per heavy atom. The molecule has 2 heterocycles. The van der Waals surface area contributed by atoms with Crippen LogP contribution in [0.1, 0.15) is 5.56 Å². The number of anilines is 1. The van der Waals surface area contributed by atoms with Gasteiger partial charge >= 0.3 is 0 Å². The molecule has 0 atom stereocenters. The maximum absolute atomic E-state index is 13.3. The normalized spacial score (nSPS) is 16.5. The van der Waals surface area contributed by atoms with Gasteiger partial charge in [-0.15, -0.1) is 11.3 Å². The summed E-state index contributed by atoms with van der Waals surface area (Å²) in [4.78, 5) is 14.1. The highest BCUT2D eigenvalue weighted by Crippen LogP contribution is 2.22. The number of thiophene rings is 1. The predicted octanol–water partition coefficient (Wildman–Crippen LogP) is 2.14. The van der Waals surface area contributed by atoms with Crippen LogP contribution in [0.15, 0.2) is 39.9 Å². The van der Waals surface area contributed by atoms with Gasteiger partial charge in [-0.2, -0.15) is 4.31 Å². The summed E-state index contributed by atoms with van der Waals surface area (Å²) < 4.78 is 40.1. The summed E-state index contributed by atoms with van der Waals surface area (Å²) in [6.07, 6.45) is 0. The first kappa shape index (κ1) is 19.0. The smallest absolute Gasteiger partial charge is 0.252 e. The minimum absolute atomic E-state index is 0.142. The molecule has 2 aromatic rings. The van der Waals surface area contributed by atoms with Gasteiger partial charge in [-0.25, -0.2) is 12.8 Å². The van der Waals surface area contributed by atoms with Gasteiger partial charge in [0.05, 0.1) is 6.54 Å². The number of rotatable bonds is 5. The first-order valence-corrected chi connectivity index (χ1v) is 10.5. The first-order chi connectivity index (χ1) is 12.4. The number of halogens is 1.